The lowest BCUT2D eigenvalue weighted by molar-refractivity contribution is 0.253. The molecule has 0 saturated carbocycles. The molecule has 0 aromatic heterocycles. The molecule has 0 aliphatic carbocycles. The Morgan fingerprint density at radius 3 is 2.28 bits per heavy atom. The van der Waals surface area contributed by atoms with Crippen LogP contribution in [0.15, 0.2) is 71.6 Å². The molecule has 0 unspecified atom stereocenters. The second-order valence-electron chi connectivity index (χ2n) is 6.92. The lowest BCUT2D eigenvalue weighted by atomic mass is 10.1. The molecule has 29 heavy (non-hydrogen) atoms. The number of hydrogen-bond acceptors (Lipinski definition) is 3. The number of amides is 2. The second kappa shape index (κ2) is 7.00. The van der Waals surface area contributed by atoms with Crippen molar-refractivity contribution < 1.29 is 17.6 Å². The molecular formula is C22H19FN2O3S. The molecule has 2 amide bonds. The summed E-state index contributed by atoms with van der Waals surface area (Å²) in [6, 6.07) is 16.9. The predicted molar refractivity (Wildman–Crippen MR) is 110 cm³/mol. The Balaban J connectivity index is 1.92. The maximum atomic E-state index is 14.3. The van der Waals surface area contributed by atoms with Crippen LogP contribution in [0.4, 0.5) is 20.6 Å². The van der Waals surface area contributed by atoms with Crippen molar-refractivity contribution in [3.05, 3.63) is 89.2 Å². The lowest BCUT2D eigenvalue weighted by Crippen LogP contribution is -2.51. The van der Waals surface area contributed by atoms with E-state index in [0.29, 0.717) is 16.8 Å². The maximum Gasteiger partial charge on any atom is 0.343 e. The molecule has 3 aromatic carbocycles. The molecule has 5 nitrogen and oxygen atoms in total. The SMILES string of the molecule is Cc1cccc(N2C(=O)N(Cc3ccccc3F)c3ccccc3S2(=O)=O)c1C. The molecule has 0 saturated heterocycles. The van der Waals surface area contributed by atoms with Crippen molar-refractivity contribution in [3.63, 3.8) is 0 Å². The topological polar surface area (TPSA) is 57.7 Å². The van der Waals surface area contributed by atoms with E-state index in [-0.39, 0.29) is 17.1 Å². The van der Waals surface area contributed by atoms with E-state index < -0.39 is 21.9 Å². The van der Waals surface area contributed by atoms with E-state index in [0.717, 1.165) is 9.87 Å². The van der Waals surface area contributed by atoms with Crippen LogP contribution in [0.3, 0.4) is 0 Å². The molecule has 1 heterocycles. The average molecular weight is 410 g/mol. The second-order valence-corrected chi connectivity index (χ2v) is 8.67. The first-order valence-corrected chi connectivity index (χ1v) is 10.5. The van der Waals surface area contributed by atoms with E-state index in [9.17, 15) is 17.6 Å². The molecule has 3 aromatic rings. The van der Waals surface area contributed by atoms with Crippen molar-refractivity contribution in [2.24, 2.45) is 0 Å². The van der Waals surface area contributed by atoms with Crippen molar-refractivity contribution in [2.75, 3.05) is 9.21 Å². The van der Waals surface area contributed by atoms with E-state index >= 15 is 0 Å². The first-order valence-electron chi connectivity index (χ1n) is 9.08. The van der Waals surface area contributed by atoms with Gasteiger partial charge in [-0.3, -0.25) is 4.90 Å². The first-order chi connectivity index (χ1) is 13.8. The minimum absolute atomic E-state index is 0.0110. The predicted octanol–water partition coefficient (Wildman–Crippen LogP) is 4.78. The van der Waals surface area contributed by atoms with Gasteiger partial charge in [0.15, 0.2) is 0 Å². The molecule has 0 spiro atoms. The summed E-state index contributed by atoms with van der Waals surface area (Å²) in [5.41, 5.74) is 2.39. The monoisotopic (exact) mass is 410 g/mol. The van der Waals surface area contributed by atoms with E-state index in [1.54, 1.807) is 55.5 Å². The van der Waals surface area contributed by atoms with Gasteiger partial charge in [0.05, 0.1) is 17.9 Å². The van der Waals surface area contributed by atoms with Gasteiger partial charge in [0, 0.05) is 5.56 Å². The summed E-state index contributed by atoms with van der Waals surface area (Å²) in [5.74, 6) is -0.454. The maximum absolute atomic E-state index is 14.3. The van der Waals surface area contributed by atoms with E-state index in [2.05, 4.69) is 0 Å². The van der Waals surface area contributed by atoms with Gasteiger partial charge < -0.3 is 0 Å². The fourth-order valence-electron chi connectivity index (χ4n) is 3.45. The molecule has 0 bridgehead atoms. The van der Waals surface area contributed by atoms with Crippen LogP contribution >= 0.6 is 0 Å². The van der Waals surface area contributed by atoms with Gasteiger partial charge in [-0.2, -0.15) is 4.31 Å². The van der Waals surface area contributed by atoms with Crippen molar-refractivity contribution in [3.8, 4) is 0 Å². The summed E-state index contributed by atoms with van der Waals surface area (Å²) in [4.78, 5) is 14.7. The van der Waals surface area contributed by atoms with Crippen LogP contribution in [0.2, 0.25) is 0 Å². The van der Waals surface area contributed by atoms with Crippen molar-refractivity contribution in [2.45, 2.75) is 25.3 Å². The Labute approximate surface area is 169 Å². The highest BCUT2D eigenvalue weighted by Crippen LogP contribution is 2.39. The Morgan fingerprint density at radius 2 is 1.52 bits per heavy atom. The molecule has 1 aliphatic heterocycles. The molecule has 148 valence electrons. The molecule has 0 N–H and O–H groups in total. The highest BCUT2D eigenvalue weighted by Gasteiger charge is 2.43. The Bertz CT molecular complexity index is 1220. The molecule has 0 radical (unpaired) electrons. The number of urea groups is 1. The number of rotatable bonds is 3. The number of hydrogen-bond donors (Lipinski definition) is 0. The number of nitrogens with zero attached hydrogens (tertiary/aromatic N) is 2. The number of para-hydroxylation sites is 1. The number of sulfonamides is 1. The number of carbonyl (C=O) groups excluding carboxylic acids is 1. The van der Waals surface area contributed by atoms with Gasteiger partial charge >= 0.3 is 6.03 Å². The van der Waals surface area contributed by atoms with Crippen molar-refractivity contribution >= 4 is 27.4 Å². The lowest BCUT2D eigenvalue weighted by Gasteiger charge is -2.37. The van der Waals surface area contributed by atoms with E-state index in [1.807, 2.05) is 13.0 Å². The van der Waals surface area contributed by atoms with Gasteiger partial charge in [-0.05, 0) is 49.2 Å². The molecule has 0 fully saturated rings. The third-order valence-corrected chi connectivity index (χ3v) is 6.89. The number of aryl methyl sites for hydroxylation is 1. The number of carbonyl (C=O) groups is 1. The van der Waals surface area contributed by atoms with Crippen LogP contribution in [0.1, 0.15) is 16.7 Å². The molecule has 0 atom stereocenters. The third-order valence-electron chi connectivity index (χ3n) is 5.16. The number of benzene rings is 3. The van der Waals surface area contributed by atoms with Crippen LogP contribution < -0.4 is 9.21 Å². The number of halogens is 1. The largest absolute Gasteiger partial charge is 0.343 e. The Morgan fingerprint density at radius 1 is 0.862 bits per heavy atom. The van der Waals surface area contributed by atoms with Gasteiger partial charge in [-0.1, -0.05) is 42.5 Å². The van der Waals surface area contributed by atoms with Crippen molar-refractivity contribution in [1.82, 2.24) is 0 Å². The van der Waals surface area contributed by atoms with Crippen LogP contribution in [-0.4, -0.2) is 14.4 Å². The summed E-state index contributed by atoms with van der Waals surface area (Å²) in [5, 5.41) is 0. The number of fused-ring (bicyclic) bond motifs is 1. The summed E-state index contributed by atoms with van der Waals surface area (Å²) < 4.78 is 41.8. The Hall–Kier alpha value is -3.19. The minimum atomic E-state index is -4.11. The Kier molecular flexibility index (Phi) is 4.62. The van der Waals surface area contributed by atoms with Gasteiger partial charge in [0.1, 0.15) is 10.7 Å². The third kappa shape index (κ3) is 3.07. The standard InChI is InChI=1S/C22H19FN2O3S/c1-15-8-7-12-19(16(15)2)25-22(26)24(14-17-9-3-4-10-18(17)23)20-11-5-6-13-21(20)29(25,27)28/h3-13H,14H2,1-2H3. The quantitative estimate of drug-likeness (QED) is 0.625. The zero-order chi connectivity index (χ0) is 20.8. The fraction of sp³-hybridized carbons (Fsp3) is 0.136. The van der Waals surface area contributed by atoms with Gasteiger partial charge in [-0.25, -0.2) is 17.6 Å². The number of anilines is 2. The summed E-state index contributed by atoms with van der Waals surface area (Å²) in [6.07, 6.45) is 0. The van der Waals surface area contributed by atoms with Gasteiger partial charge in [0.2, 0.25) is 0 Å². The van der Waals surface area contributed by atoms with Crippen LogP contribution in [-0.2, 0) is 16.6 Å². The highest BCUT2D eigenvalue weighted by molar-refractivity contribution is 7.94. The zero-order valence-corrected chi connectivity index (χ0v) is 16.8. The zero-order valence-electron chi connectivity index (χ0n) is 16.0. The van der Waals surface area contributed by atoms with Crippen LogP contribution in [0.5, 0.6) is 0 Å². The van der Waals surface area contributed by atoms with Crippen LogP contribution in [0, 0.1) is 19.7 Å². The smallest absolute Gasteiger partial charge is 0.287 e. The minimum Gasteiger partial charge on any atom is -0.287 e. The summed E-state index contributed by atoms with van der Waals surface area (Å²) in [6.45, 7) is 3.54. The summed E-state index contributed by atoms with van der Waals surface area (Å²) >= 11 is 0. The first kappa shape index (κ1) is 19.1. The molecule has 4 rings (SSSR count). The van der Waals surface area contributed by atoms with Gasteiger partial charge in [-0.15, -0.1) is 0 Å². The van der Waals surface area contributed by atoms with E-state index in [4.69, 9.17) is 0 Å². The van der Waals surface area contributed by atoms with Gasteiger partial charge in [0.25, 0.3) is 10.0 Å². The molecule has 1 aliphatic rings. The average Bonchev–Trinajstić information content (AvgIpc) is 2.70. The van der Waals surface area contributed by atoms with Crippen LogP contribution in [0.25, 0.3) is 0 Å². The van der Waals surface area contributed by atoms with Crippen molar-refractivity contribution in [1.29, 1.82) is 0 Å². The normalized spacial score (nSPS) is 15.3. The molecule has 7 heteroatoms. The van der Waals surface area contributed by atoms with E-state index in [1.165, 1.54) is 17.0 Å². The molecular weight excluding hydrogens is 391 g/mol. The highest BCUT2D eigenvalue weighted by atomic mass is 32.2. The fourth-order valence-corrected chi connectivity index (χ4v) is 5.10. The summed E-state index contributed by atoms with van der Waals surface area (Å²) in [7, 11) is -4.11.